The van der Waals surface area contributed by atoms with E-state index in [2.05, 4.69) is 10.3 Å². The van der Waals surface area contributed by atoms with Gasteiger partial charge in [-0.05, 0) is 12.1 Å². The number of rotatable bonds is 3. The summed E-state index contributed by atoms with van der Waals surface area (Å²) in [7, 11) is 3.28. The van der Waals surface area contributed by atoms with Gasteiger partial charge >= 0.3 is 0 Å². The van der Waals surface area contributed by atoms with Gasteiger partial charge in [0, 0.05) is 18.2 Å². The van der Waals surface area contributed by atoms with E-state index in [1.807, 2.05) is 18.2 Å². The molecule has 1 aliphatic rings. The smallest absolute Gasteiger partial charge is 0.128 e. The van der Waals surface area contributed by atoms with Crippen LogP contribution >= 0.6 is 12.4 Å². The van der Waals surface area contributed by atoms with E-state index in [1.165, 1.54) is 0 Å². The topological polar surface area (TPSA) is 42.9 Å². The van der Waals surface area contributed by atoms with Crippen LogP contribution in [0, 0.1) is 0 Å². The van der Waals surface area contributed by atoms with Crippen molar-refractivity contribution in [3.8, 4) is 11.5 Å². The summed E-state index contributed by atoms with van der Waals surface area (Å²) in [5.41, 5.74) is 1.00. The molecule has 1 heterocycles. The number of hydrogen-bond donors (Lipinski definition) is 1. The summed E-state index contributed by atoms with van der Waals surface area (Å²) >= 11 is 0. The highest BCUT2D eigenvalue weighted by atomic mass is 35.5. The summed E-state index contributed by atoms with van der Waals surface area (Å²) < 4.78 is 10.4. The van der Waals surface area contributed by atoms with Crippen molar-refractivity contribution < 1.29 is 9.47 Å². The predicted octanol–water partition coefficient (Wildman–Crippen LogP) is 1.48. The van der Waals surface area contributed by atoms with E-state index in [9.17, 15) is 0 Å². The maximum absolute atomic E-state index is 5.19. The lowest BCUT2D eigenvalue weighted by Gasteiger charge is -2.08. The average Bonchev–Trinajstić information content (AvgIpc) is 2.81. The van der Waals surface area contributed by atoms with Crippen molar-refractivity contribution in [2.24, 2.45) is 4.99 Å². The first kappa shape index (κ1) is 12.6. The molecule has 4 nitrogen and oxygen atoms in total. The monoisotopic (exact) mass is 242 g/mol. The fourth-order valence-corrected chi connectivity index (χ4v) is 1.54. The molecule has 0 saturated heterocycles. The number of nitrogens with zero attached hydrogens (tertiary/aromatic N) is 1. The standard InChI is InChI=1S/C11H14N2O2.ClH/c1-14-9-5-8(6-10(7-9)15-2)11-12-3-4-13-11;/h5-7H,3-4H2,1-2H3,(H,12,13);1H. The van der Waals surface area contributed by atoms with Crippen molar-refractivity contribution in [1.29, 1.82) is 0 Å². The first-order valence-corrected chi connectivity index (χ1v) is 4.85. The lowest BCUT2D eigenvalue weighted by atomic mass is 10.2. The average molecular weight is 243 g/mol. The van der Waals surface area contributed by atoms with Gasteiger partial charge in [0.1, 0.15) is 17.3 Å². The number of benzene rings is 1. The van der Waals surface area contributed by atoms with E-state index in [0.717, 1.165) is 36.0 Å². The molecule has 0 radical (unpaired) electrons. The summed E-state index contributed by atoms with van der Waals surface area (Å²) in [5.74, 6) is 2.47. The van der Waals surface area contributed by atoms with E-state index >= 15 is 0 Å². The van der Waals surface area contributed by atoms with Gasteiger partial charge in [-0.1, -0.05) is 0 Å². The van der Waals surface area contributed by atoms with Gasteiger partial charge in [-0.2, -0.15) is 0 Å². The Morgan fingerprint density at radius 1 is 1.12 bits per heavy atom. The van der Waals surface area contributed by atoms with Crippen LogP contribution in [0.5, 0.6) is 11.5 Å². The van der Waals surface area contributed by atoms with Crippen LogP contribution in [-0.4, -0.2) is 33.1 Å². The van der Waals surface area contributed by atoms with Crippen molar-refractivity contribution in [2.75, 3.05) is 27.3 Å². The molecule has 0 amide bonds. The minimum atomic E-state index is 0. The number of aliphatic imine (C=N–C) groups is 1. The van der Waals surface area contributed by atoms with Gasteiger partial charge in [0.05, 0.1) is 20.8 Å². The Morgan fingerprint density at radius 2 is 1.75 bits per heavy atom. The molecule has 16 heavy (non-hydrogen) atoms. The number of methoxy groups -OCH3 is 2. The molecule has 0 bridgehead atoms. The zero-order valence-corrected chi connectivity index (χ0v) is 10.1. The van der Waals surface area contributed by atoms with Crippen molar-refractivity contribution in [2.45, 2.75) is 0 Å². The largest absolute Gasteiger partial charge is 0.497 e. The zero-order valence-electron chi connectivity index (χ0n) is 9.32. The molecule has 1 aliphatic heterocycles. The highest BCUT2D eigenvalue weighted by Crippen LogP contribution is 2.22. The van der Waals surface area contributed by atoms with E-state index in [-0.39, 0.29) is 12.4 Å². The first-order valence-electron chi connectivity index (χ1n) is 4.85. The van der Waals surface area contributed by atoms with E-state index in [1.54, 1.807) is 14.2 Å². The van der Waals surface area contributed by atoms with Gasteiger partial charge in [0.15, 0.2) is 0 Å². The molecule has 0 atom stereocenters. The second-order valence-electron chi connectivity index (χ2n) is 3.26. The van der Waals surface area contributed by atoms with Crippen LogP contribution < -0.4 is 14.8 Å². The molecule has 1 aromatic rings. The lowest BCUT2D eigenvalue weighted by molar-refractivity contribution is 0.394. The predicted molar refractivity (Wildman–Crippen MR) is 66.2 cm³/mol. The fourth-order valence-electron chi connectivity index (χ4n) is 1.54. The minimum absolute atomic E-state index is 0. The van der Waals surface area contributed by atoms with Gasteiger partial charge < -0.3 is 14.8 Å². The molecule has 0 fully saturated rings. The summed E-state index contributed by atoms with van der Waals surface area (Å²) in [4.78, 5) is 4.35. The van der Waals surface area contributed by atoms with E-state index in [0.29, 0.717) is 0 Å². The normalized spacial score (nSPS) is 13.5. The second-order valence-corrected chi connectivity index (χ2v) is 3.26. The van der Waals surface area contributed by atoms with Gasteiger partial charge in [-0.15, -0.1) is 12.4 Å². The number of nitrogens with one attached hydrogen (secondary N) is 1. The van der Waals surface area contributed by atoms with Gasteiger partial charge in [0.25, 0.3) is 0 Å². The molecule has 0 aromatic heterocycles. The number of amidine groups is 1. The summed E-state index contributed by atoms with van der Waals surface area (Å²) in [6.45, 7) is 1.73. The molecule has 1 N–H and O–H groups in total. The Labute approximate surface area is 101 Å². The second kappa shape index (κ2) is 5.61. The quantitative estimate of drug-likeness (QED) is 0.873. The highest BCUT2D eigenvalue weighted by Gasteiger charge is 2.10. The minimum Gasteiger partial charge on any atom is -0.497 e. The third-order valence-electron chi connectivity index (χ3n) is 2.30. The molecule has 1 aromatic carbocycles. The van der Waals surface area contributed by atoms with Crippen LogP contribution in [0.25, 0.3) is 0 Å². The van der Waals surface area contributed by atoms with Crippen LogP contribution in [0.3, 0.4) is 0 Å². The summed E-state index contributed by atoms with van der Waals surface area (Å²) in [6, 6.07) is 5.73. The van der Waals surface area contributed by atoms with E-state index in [4.69, 9.17) is 9.47 Å². The van der Waals surface area contributed by atoms with Crippen molar-refractivity contribution >= 4 is 18.2 Å². The Kier molecular flexibility index (Phi) is 4.43. The number of hydrogen-bond acceptors (Lipinski definition) is 4. The maximum atomic E-state index is 5.19. The molecule has 5 heteroatoms. The molecule has 0 unspecified atom stereocenters. The van der Waals surface area contributed by atoms with Crippen molar-refractivity contribution in [3.05, 3.63) is 23.8 Å². The molecular weight excluding hydrogens is 228 g/mol. The van der Waals surface area contributed by atoms with Gasteiger partial charge in [-0.3, -0.25) is 4.99 Å². The molecule has 2 rings (SSSR count). The van der Waals surface area contributed by atoms with Crippen LogP contribution in [0.15, 0.2) is 23.2 Å². The SMILES string of the molecule is COc1cc(OC)cc(C2=NCCN2)c1.Cl. The molecule has 0 spiro atoms. The molecular formula is C11H15ClN2O2. The van der Waals surface area contributed by atoms with Crippen LogP contribution in [0.1, 0.15) is 5.56 Å². The summed E-state index contributed by atoms with van der Waals surface area (Å²) in [6.07, 6.45) is 0. The summed E-state index contributed by atoms with van der Waals surface area (Å²) in [5, 5.41) is 3.21. The Bertz CT molecular complexity index is 371. The van der Waals surface area contributed by atoms with Crippen LogP contribution in [0.2, 0.25) is 0 Å². The van der Waals surface area contributed by atoms with Crippen molar-refractivity contribution in [1.82, 2.24) is 5.32 Å². The maximum Gasteiger partial charge on any atom is 0.128 e. The van der Waals surface area contributed by atoms with Gasteiger partial charge in [-0.25, -0.2) is 0 Å². The third-order valence-corrected chi connectivity index (χ3v) is 2.30. The molecule has 88 valence electrons. The Hall–Kier alpha value is -1.42. The Balaban J connectivity index is 0.00000128. The van der Waals surface area contributed by atoms with E-state index < -0.39 is 0 Å². The van der Waals surface area contributed by atoms with Crippen LogP contribution in [-0.2, 0) is 0 Å². The van der Waals surface area contributed by atoms with Crippen LogP contribution in [0.4, 0.5) is 0 Å². The van der Waals surface area contributed by atoms with Crippen molar-refractivity contribution in [3.63, 3.8) is 0 Å². The number of halogens is 1. The Morgan fingerprint density at radius 3 is 2.19 bits per heavy atom. The fraction of sp³-hybridized carbons (Fsp3) is 0.364. The van der Waals surface area contributed by atoms with Gasteiger partial charge in [0.2, 0.25) is 0 Å². The molecule has 0 aliphatic carbocycles. The first-order chi connectivity index (χ1) is 7.33. The number of ether oxygens (including phenoxy) is 2. The lowest BCUT2D eigenvalue weighted by Crippen LogP contribution is -2.19. The molecule has 0 saturated carbocycles. The third kappa shape index (κ3) is 2.58. The highest BCUT2D eigenvalue weighted by molar-refractivity contribution is 6.00. The zero-order chi connectivity index (χ0) is 10.7.